The van der Waals surface area contributed by atoms with Crippen molar-refractivity contribution in [1.29, 1.82) is 0 Å². The van der Waals surface area contributed by atoms with Crippen LogP contribution in [0.3, 0.4) is 0 Å². The van der Waals surface area contributed by atoms with Crippen LogP contribution in [-0.4, -0.2) is 39.8 Å². The van der Waals surface area contributed by atoms with Crippen molar-refractivity contribution >= 4 is 21.6 Å². The van der Waals surface area contributed by atoms with Gasteiger partial charge in [0.1, 0.15) is 24.2 Å². The molecule has 0 saturated carbocycles. The van der Waals surface area contributed by atoms with Crippen LogP contribution in [0.1, 0.15) is 18.1 Å². The molecule has 0 aliphatic carbocycles. The minimum absolute atomic E-state index is 0.173. The smallest absolute Gasteiger partial charge is 0.243 e. The molecule has 1 N–H and O–H groups in total. The molecule has 0 aliphatic rings. The Morgan fingerprint density at radius 1 is 1.14 bits per heavy atom. The van der Waals surface area contributed by atoms with Crippen molar-refractivity contribution in [2.75, 3.05) is 23.7 Å². The monoisotopic (exact) mass is 408 g/mol. The highest BCUT2D eigenvalue weighted by Gasteiger charge is 2.29. The summed E-state index contributed by atoms with van der Waals surface area (Å²) in [5.41, 5.74) is 2.26. The molecule has 1 unspecified atom stereocenters. The van der Waals surface area contributed by atoms with Gasteiger partial charge in [0.15, 0.2) is 0 Å². The summed E-state index contributed by atoms with van der Waals surface area (Å²) >= 11 is 0. The Morgan fingerprint density at radius 2 is 1.71 bits per heavy atom. The van der Waals surface area contributed by atoms with Gasteiger partial charge in [-0.3, -0.25) is 9.10 Å². The molecule has 6 nitrogen and oxygen atoms in total. The van der Waals surface area contributed by atoms with Gasteiger partial charge in [0.2, 0.25) is 15.9 Å². The lowest BCUT2D eigenvalue weighted by molar-refractivity contribution is -0.121. The molecular formula is C20H25FN2O4S. The van der Waals surface area contributed by atoms with Crippen LogP contribution in [0.2, 0.25) is 0 Å². The maximum absolute atomic E-state index is 12.9. The highest BCUT2D eigenvalue weighted by molar-refractivity contribution is 7.92. The molecule has 0 heterocycles. The number of halogens is 1. The van der Waals surface area contributed by atoms with Crippen LogP contribution in [0.15, 0.2) is 42.5 Å². The first-order valence-corrected chi connectivity index (χ1v) is 10.7. The molecule has 0 spiro atoms. The second-order valence-corrected chi connectivity index (χ2v) is 8.53. The van der Waals surface area contributed by atoms with Gasteiger partial charge in [-0.15, -0.1) is 0 Å². The van der Waals surface area contributed by atoms with Crippen LogP contribution in [0, 0.1) is 19.7 Å². The third-order valence-corrected chi connectivity index (χ3v) is 5.27. The van der Waals surface area contributed by atoms with Gasteiger partial charge in [-0.05, 0) is 68.3 Å². The van der Waals surface area contributed by atoms with Crippen molar-refractivity contribution in [2.24, 2.45) is 0 Å². The van der Waals surface area contributed by atoms with Crippen LogP contribution in [0.5, 0.6) is 5.75 Å². The van der Waals surface area contributed by atoms with Gasteiger partial charge in [-0.1, -0.05) is 6.07 Å². The minimum atomic E-state index is -3.67. The first kappa shape index (κ1) is 21.7. The van der Waals surface area contributed by atoms with E-state index in [0.29, 0.717) is 11.4 Å². The van der Waals surface area contributed by atoms with Crippen molar-refractivity contribution in [3.05, 3.63) is 59.4 Å². The Hall–Kier alpha value is -2.61. The molecule has 1 atom stereocenters. The number of ether oxygens (including phenoxy) is 1. The maximum atomic E-state index is 12.9. The van der Waals surface area contributed by atoms with E-state index in [1.165, 1.54) is 31.2 Å². The fourth-order valence-corrected chi connectivity index (χ4v) is 4.07. The number of nitrogens with one attached hydrogen (secondary N) is 1. The zero-order chi connectivity index (χ0) is 20.9. The van der Waals surface area contributed by atoms with Crippen molar-refractivity contribution < 1.29 is 22.3 Å². The zero-order valence-corrected chi connectivity index (χ0v) is 17.2. The van der Waals surface area contributed by atoms with E-state index in [1.54, 1.807) is 12.1 Å². The minimum Gasteiger partial charge on any atom is -0.492 e. The molecule has 2 rings (SSSR count). The molecule has 0 aliphatic heterocycles. The highest BCUT2D eigenvalue weighted by atomic mass is 32.2. The van der Waals surface area contributed by atoms with Crippen LogP contribution in [-0.2, 0) is 14.8 Å². The zero-order valence-electron chi connectivity index (χ0n) is 16.4. The number of hydrogen-bond acceptors (Lipinski definition) is 4. The number of carbonyl (C=O) groups excluding carboxylic acids is 1. The van der Waals surface area contributed by atoms with Crippen LogP contribution in [0.4, 0.5) is 10.1 Å². The molecule has 0 aromatic heterocycles. The van der Waals surface area contributed by atoms with Crippen molar-refractivity contribution in [1.82, 2.24) is 5.32 Å². The summed E-state index contributed by atoms with van der Waals surface area (Å²) in [6.45, 7) is 5.63. The van der Waals surface area contributed by atoms with E-state index < -0.39 is 22.0 Å². The number of nitrogens with zero attached hydrogens (tertiary/aromatic N) is 1. The largest absolute Gasteiger partial charge is 0.492 e. The summed E-state index contributed by atoms with van der Waals surface area (Å²) in [6, 6.07) is 10.0. The van der Waals surface area contributed by atoms with E-state index in [9.17, 15) is 17.6 Å². The second kappa shape index (κ2) is 9.05. The Bertz CT molecular complexity index is 909. The van der Waals surface area contributed by atoms with E-state index in [2.05, 4.69) is 5.32 Å². The lowest BCUT2D eigenvalue weighted by atomic mass is 10.1. The number of hydrogen-bond donors (Lipinski definition) is 1. The fraction of sp³-hybridized carbons (Fsp3) is 0.350. The Labute approximate surface area is 165 Å². The molecule has 152 valence electrons. The topological polar surface area (TPSA) is 75.7 Å². The highest BCUT2D eigenvalue weighted by Crippen LogP contribution is 2.23. The molecule has 28 heavy (non-hydrogen) atoms. The van der Waals surface area contributed by atoms with E-state index in [4.69, 9.17) is 4.74 Å². The number of rotatable bonds is 8. The first-order chi connectivity index (χ1) is 13.1. The first-order valence-electron chi connectivity index (χ1n) is 8.81. The van der Waals surface area contributed by atoms with Crippen LogP contribution in [0.25, 0.3) is 0 Å². The molecule has 2 aromatic rings. The lowest BCUT2D eigenvalue weighted by Gasteiger charge is -2.28. The summed E-state index contributed by atoms with van der Waals surface area (Å²) in [4.78, 5) is 12.5. The second-order valence-electron chi connectivity index (χ2n) is 6.67. The summed E-state index contributed by atoms with van der Waals surface area (Å²) < 4.78 is 44.1. The van der Waals surface area contributed by atoms with Crippen molar-refractivity contribution in [3.63, 3.8) is 0 Å². The molecule has 0 fully saturated rings. The standard InChI is InChI=1S/C20H25FN2O4S/c1-14-11-15(2)13-18(12-14)23(28(4,25)26)16(3)20(24)22-9-10-27-19-7-5-17(21)6-8-19/h5-8,11-13,16H,9-10H2,1-4H3,(H,22,24). The number of anilines is 1. The number of sulfonamides is 1. The quantitative estimate of drug-likeness (QED) is 0.682. The van der Waals surface area contributed by atoms with Gasteiger partial charge in [-0.25, -0.2) is 12.8 Å². The van der Waals surface area contributed by atoms with Gasteiger partial charge in [-0.2, -0.15) is 0 Å². The van der Waals surface area contributed by atoms with Crippen molar-refractivity contribution in [2.45, 2.75) is 26.8 Å². The number of aryl methyl sites for hydroxylation is 2. The van der Waals surface area contributed by atoms with E-state index >= 15 is 0 Å². The molecule has 0 saturated heterocycles. The van der Waals surface area contributed by atoms with Gasteiger partial charge < -0.3 is 10.1 Å². The van der Waals surface area contributed by atoms with E-state index in [0.717, 1.165) is 21.7 Å². The summed E-state index contributed by atoms with van der Waals surface area (Å²) in [5.74, 6) is -0.314. The third kappa shape index (κ3) is 5.95. The van der Waals surface area contributed by atoms with Gasteiger partial charge in [0, 0.05) is 0 Å². The summed E-state index contributed by atoms with van der Waals surface area (Å²) in [6.07, 6.45) is 1.08. The number of carbonyl (C=O) groups is 1. The average Bonchev–Trinajstić information content (AvgIpc) is 2.58. The van der Waals surface area contributed by atoms with Crippen molar-refractivity contribution in [3.8, 4) is 5.75 Å². The SMILES string of the molecule is Cc1cc(C)cc(N(C(C)C(=O)NCCOc2ccc(F)cc2)S(C)(=O)=O)c1. The Morgan fingerprint density at radius 3 is 2.25 bits per heavy atom. The normalized spacial score (nSPS) is 12.3. The van der Waals surface area contributed by atoms with Crippen LogP contribution >= 0.6 is 0 Å². The predicted molar refractivity (Wildman–Crippen MR) is 108 cm³/mol. The summed E-state index contributed by atoms with van der Waals surface area (Å²) in [5, 5.41) is 2.67. The van der Waals surface area contributed by atoms with E-state index in [-0.39, 0.29) is 19.0 Å². The van der Waals surface area contributed by atoms with Gasteiger partial charge in [0.05, 0.1) is 18.5 Å². The number of amides is 1. The Balaban J connectivity index is 2.02. The van der Waals surface area contributed by atoms with Gasteiger partial charge >= 0.3 is 0 Å². The van der Waals surface area contributed by atoms with Crippen LogP contribution < -0.4 is 14.4 Å². The fourth-order valence-electron chi connectivity index (χ4n) is 2.91. The molecular weight excluding hydrogens is 383 g/mol. The average molecular weight is 408 g/mol. The molecule has 0 bridgehead atoms. The maximum Gasteiger partial charge on any atom is 0.243 e. The molecule has 8 heteroatoms. The lowest BCUT2D eigenvalue weighted by Crippen LogP contribution is -2.48. The molecule has 1 amide bonds. The molecule has 0 radical (unpaired) electrons. The summed E-state index contributed by atoms with van der Waals surface area (Å²) in [7, 11) is -3.67. The van der Waals surface area contributed by atoms with E-state index in [1.807, 2.05) is 19.9 Å². The van der Waals surface area contributed by atoms with Gasteiger partial charge in [0.25, 0.3) is 0 Å². The number of benzene rings is 2. The Kier molecular flexibility index (Phi) is 7.01. The molecule has 2 aromatic carbocycles. The third-order valence-electron chi connectivity index (χ3n) is 4.03. The predicted octanol–water partition coefficient (Wildman–Crippen LogP) is 2.79.